The summed E-state index contributed by atoms with van der Waals surface area (Å²) in [6.07, 6.45) is 3.51. The molecule has 0 saturated carbocycles. The lowest BCUT2D eigenvalue weighted by Gasteiger charge is -2.12. The Morgan fingerprint density at radius 3 is 2.43 bits per heavy atom. The molecule has 0 N–H and O–H groups in total. The molecule has 0 amide bonds. The van der Waals surface area contributed by atoms with Crippen molar-refractivity contribution in [2.75, 3.05) is 0 Å². The molecule has 132 valence electrons. The monoisotopic (exact) mass is 359 g/mol. The smallest absolute Gasteiger partial charge is 0.0998 e. The number of fused-ring (bicyclic) bond motifs is 3. The van der Waals surface area contributed by atoms with Gasteiger partial charge in [0, 0.05) is 34.4 Å². The highest BCUT2D eigenvalue weighted by Crippen LogP contribution is 2.34. The summed E-state index contributed by atoms with van der Waals surface area (Å²) in [5.41, 5.74) is 7.17. The van der Waals surface area contributed by atoms with Gasteiger partial charge in [0.25, 0.3) is 0 Å². The summed E-state index contributed by atoms with van der Waals surface area (Å²) < 4.78 is 2.28. The van der Waals surface area contributed by atoms with Gasteiger partial charge in [0.2, 0.25) is 0 Å². The van der Waals surface area contributed by atoms with Gasteiger partial charge in [-0.05, 0) is 60.5 Å². The summed E-state index contributed by atoms with van der Waals surface area (Å²) in [5.74, 6) is 0. The van der Waals surface area contributed by atoms with E-state index in [2.05, 4.69) is 71.1 Å². The van der Waals surface area contributed by atoms with Crippen molar-refractivity contribution in [3.05, 3.63) is 96.3 Å². The largest absolute Gasteiger partial charge is 0.309 e. The zero-order valence-electron chi connectivity index (χ0n) is 15.4. The summed E-state index contributed by atoms with van der Waals surface area (Å²) >= 11 is 0. The van der Waals surface area contributed by atoms with E-state index in [1.807, 2.05) is 24.3 Å². The van der Waals surface area contributed by atoms with Crippen molar-refractivity contribution in [1.29, 1.82) is 5.26 Å². The van der Waals surface area contributed by atoms with Crippen molar-refractivity contribution in [3.8, 4) is 22.9 Å². The number of aromatic nitrogens is 2. The van der Waals surface area contributed by atoms with Crippen LogP contribution in [0.15, 0.2) is 85.2 Å². The lowest BCUT2D eigenvalue weighted by Crippen LogP contribution is -1.96. The van der Waals surface area contributed by atoms with Crippen molar-refractivity contribution < 1.29 is 0 Å². The van der Waals surface area contributed by atoms with Gasteiger partial charge in [-0.15, -0.1) is 0 Å². The molecule has 2 aromatic heterocycles. The molecule has 3 nitrogen and oxygen atoms in total. The number of rotatable bonds is 2. The van der Waals surface area contributed by atoms with Gasteiger partial charge in [0.1, 0.15) is 0 Å². The second kappa shape index (κ2) is 6.37. The number of pyridine rings is 1. The maximum Gasteiger partial charge on any atom is 0.0998 e. The minimum atomic E-state index is 0.659. The van der Waals surface area contributed by atoms with Crippen molar-refractivity contribution >= 4 is 21.8 Å². The second-order valence-corrected chi connectivity index (χ2v) is 6.95. The average Bonchev–Trinajstić information content (AvgIpc) is 3.07. The molecule has 2 heterocycles. The van der Waals surface area contributed by atoms with Crippen LogP contribution in [0.3, 0.4) is 0 Å². The lowest BCUT2D eigenvalue weighted by molar-refractivity contribution is 1.17. The van der Waals surface area contributed by atoms with Crippen molar-refractivity contribution in [3.63, 3.8) is 0 Å². The molecule has 0 atom stereocenters. The maximum absolute atomic E-state index is 9.61. The third kappa shape index (κ3) is 2.47. The van der Waals surface area contributed by atoms with Crippen LogP contribution in [0.4, 0.5) is 0 Å². The van der Waals surface area contributed by atoms with Crippen LogP contribution in [0, 0.1) is 18.3 Å². The molecule has 5 aromatic rings. The Labute approximate surface area is 163 Å². The number of aryl methyl sites for hydroxylation is 1. The highest BCUT2D eigenvalue weighted by molar-refractivity contribution is 6.09. The molecule has 0 radical (unpaired) electrons. The Balaban J connectivity index is 1.86. The Hall–Kier alpha value is -3.90. The second-order valence-electron chi connectivity index (χ2n) is 6.95. The van der Waals surface area contributed by atoms with Gasteiger partial charge in [0.05, 0.1) is 22.7 Å². The third-order valence-electron chi connectivity index (χ3n) is 5.20. The zero-order chi connectivity index (χ0) is 19.1. The first-order valence-corrected chi connectivity index (χ1v) is 9.21. The van der Waals surface area contributed by atoms with Gasteiger partial charge in [-0.1, -0.05) is 30.3 Å². The normalized spacial score (nSPS) is 11.0. The fraction of sp³-hybridized carbons (Fsp3) is 0.0400. The van der Waals surface area contributed by atoms with E-state index in [0.29, 0.717) is 5.56 Å². The molecule has 0 aliphatic rings. The molecule has 0 saturated heterocycles. The molecular formula is C25H17N3. The van der Waals surface area contributed by atoms with Crippen molar-refractivity contribution in [1.82, 2.24) is 9.55 Å². The van der Waals surface area contributed by atoms with E-state index >= 15 is 0 Å². The van der Waals surface area contributed by atoms with Crippen LogP contribution in [0.5, 0.6) is 0 Å². The average molecular weight is 359 g/mol. The van der Waals surface area contributed by atoms with E-state index in [1.54, 1.807) is 12.4 Å². The third-order valence-corrected chi connectivity index (χ3v) is 5.20. The predicted molar refractivity (Wildman–Crippen MR) is 113 cm³/mol. The predicted octanol–water partition coefficient (Wildman–Crippen LogP) is 6.03. The number of nitriles is 1. The Morgan fingerprint density at radius 2 is 1.61 bits per heavy atom. The Morgan fingerprint density at radius 1 is 0.821 bits per heavy atom. The lowest BCUT2D eigenvalue weighted by atomic mass is 10.0. The molecule has 3 heteroatoms. The minimum absolute atomic E-state index is 0.659. The van der Waals surface area contributed by atoms with Gasteiger partial charge < -0.3 is 4.57 Å². The highest BCUT2D eigenvalue weighted by Gasteiger charge is 2.14. The minimum Gasteiger partial charge on any atom is -0.309 e. The Bertz CT molecular complexity index is 1370. The van der Waals surface area contributed by atoms with E-state index < -0.39 is 0 Å². The molecule has 0 bridgehead atoms. The first-order chi connectivity index (χ1) is 13.8. The van der Waals surface area contributed by atoms with Crippen molar-refractivity contribution in [2.45, 2.75) is 6.92 Å². The SMILES string of the molecule is Cc1ccc2c3ccccc3n(-c3ccc(C#N)c(-c4ccncc4)c3)c2c1. The van der Waals surface area contributed by atoms with Crippen LogP contribution in [0.1, 0.15) is 11.1 Å². The van der Waals surface area contributed by atoms with Crippen LogP contribution in [0.2, 0.25) is 0 Å². The summed E-state index contributed by atoms with van der Waals surface area (Å²) in [6.45, 7) is 2.11. The number of benzene rings is 3. The summed E-state index contributed by atoms with van der Waals surface area (Å²) in [5, 5.41) is 12.1. The molecule has 0 fully saturated rings. The van der Waals surface area contributed by atoms with E-state index in [4.69, 9.17) is 0 Å². The first kappa shape index (κ1) is 16.3. The molecule has 3 aromatic carbocycles. The van der Waals surface area contributed by atoms with Gasteiger partial charge in [0.15, 0.2) is 0 Å². The molecule has 0 unspecified atom stereocenters. The summed E-state index contributed by atoms with van der Waals surface area (Å²) in [7, 11) is 0. The van der Waals surface area contributed by atoms with E-state index in [-0.39, 0.29) is 0 Å². The number of hydrogen-bond donors (Lipinski definition) is 0. The topological polar surface area (TPSA) is 41.6 Å². The van der Waals surface area contributed by atoms with Gasteiger partial charge in [-0.2, -0.15) is 5.26 Å². The van der Waals surface area contributed by atoms with Gasteiger partial charge in [-0.25, -0.2) is 0 Å². The molecule has 0 spiro atoms. The fourth-order valence-electron chi connectivity index (χ4n) is 3.90. The number of nitrogens with zero attached hydrogens (tertiary/aromatic N) is 3. The van der Waals surface area contributed by atoms with Crippen molar-refractivity contribution in [2.24, 2.45) is 0 Å². The standard InChI is InChI=1S/C25H17N3/c1-17-6-9-22-21-4-2-3-5-24(21)28(25(22)14-17)20-8-7-19(16-26)23(15-20)18-10-12-27-13-11-18/h2-15H,1H3. The summed E-state index contributed by atoms with van der Waals surface area (Å²) in [6, 6.07) is 27.3. The fourth-order valence-corrected chi connectivity index (χ4v) is 3.90. The van der Waals surface area contributed by atoms with Crippen LogP contribution in [-0.2, 0) is 0 Å². The quantitative estimate of drug-likeness (QED) is 0.386. The van der Waals surface area contributed by atoms with E-state index in [9.17, 15) is 5.26 Å². The Kier molecular flexibility index (Phi) is 3.70. The molecular weight excluding hydrogens is 342 g/mol. The highest BCUT2D eigenvalue weighted by atomic mass is 15.0. The van der Waals surface area contributed by atoms with Crippen LogP contribution < -0.4 is 0 Å². The maximum atomic E-state index is 9.61. The van der Waals surface area contributed by atoms with Crippen LogP contribution >= 0.6 is 0 Å². The number of hydrogen-bond acceptors (Lipinski definition) is 2. The number of para-hydroxylation sites is 1. The molecule has 28 heavy (non-hydrogen) atoms. The van der Waals surface area contributed by atoms with E-state index in [0.717, 1.165) is 22.3 Å². The molecule has 0 aliphatic heterocycles. The molecule has 5 rings (SSSR count). The summed E-state index contributed by atoms with van der Waals surface area (Å²) in [4.78, 5) is 4.10. The van der Waals surface area contributed by atoms with Gasteiger partial charge >= 0.3 is 0 Å². The van der Waals surface area contributed by atoms with Gasteiger partial charge in [-0.3, -0.25) is 4.98 Å². The van der Waals surface area contributed by atoms with Crippen LogP contribution in [0.25, 0.3) is 38.6 Å². The van der Waals surface area contributed by atoms with E-state index in [1.165, 1.54) is 21.9 Å². The molecule has 0 aliphatic carbocycles. The zero-order valence-corrected chi connectivity index (χ0v) is 15.4. The van der Waals surface area contributed by atoms with Crippen LogP contribution in [-0.4, -0.2) is 9.55 Å². The first-order valence-electron chi connectivity index (χ1n) is 9.21.